The van der Waals surface area contributed by atoms with Gasteiger partial charge in [0.15, 0.2) is 5.69 Å². The Bertz CT molecular complexity index is 414. The summed E-state index contributed by atoms with van der Waals surface area (Å²) >= 11 is 0. The van der Waals surface area contributed by atoms with E-state index in [0.717, 1.165) is 18.3 Å². The molecular weight excluding hydrogens is 216 g/mol. The maximum absolute atomic E-state index is 10.9. The average molecular weight is 234 g/mol. The molecule has 0 aromatic carbocycles. The minimum Gasteiger partial charge on any atom is -0.477 e. The van der Waals surface area contributed by atoms with Crippen LogP contribution >= 0.6 is 0 Å². The van der Waals surface area contributed by atoms with Crippen molar-refractivity contribution in [2.24, 2.45) is 5.92 Å². The molecule has 0 radical (unpaired) electrons. The first kappa shape index (κ1) is 11.9. The molecule has 0 saturated heterocycles. The Labute approximate surface area is 101 Å². The van der Waals surface area contributed by atoms with E-state index in [0.29, 0.717) is 6.04 Å². The van der Waals surface area contributed by atoms with E-state index in [1.54, 1.807) is 6.07 Å². The third-order valence-electron chi connectivity index (χ3n) is 3.02. The fraction of sp³-hybridized carbons (Fsp3) is 0.538. The van der Waals surface area contributed by atoms with Crippen LogP contribution < -0.4 is 4.90 Å². The SMILES string of the molecule is CC(C)N(CC1CC1)c1cccc(C(=O)O)n1. The standard InChI is InChI=1S/C13H18N2O2/c1-9(2)15(8-10-6-7-10)12-5-3-4-11(14-12)13(16)17/h3-5,9-10H,6-8H2,1-2H3,(H,16,17). The fourth-order valence-electron chi connectivity index (χ4n) is 1.85. The zero-order chi connectivity index (χ0) is 12.4. The van der Waals surface area contributed by atoms with Crippen molar-refractivity contribution in [3.8, 4) is 0 Å². The third kappa shape index (κ3) is 2.96. The van der Waals surface area contributed by atoms with Gasteiger partial charge in [-0.3, -0.25) is 0 Å². The van der Waals surface area contributed by atoms with Gasteiger partial charge in [-0.2, -0.15) is 0 Å². The zero-order valence-electron chi connectivity index (χ0n) is 10.3. The molecule has 1 saturated carbocycles. The number of hydrogen-bond acceptors (Lipinski definition) is 3. The van der Waals surface area contributed by atoms with Crippen molar-refractivity contribution >= 4 is 11.8 Å². The van der Waals surface area contributed by atoms with Gasteiger partial charge in [-0.05, 0) is 44.7 Å². The molecule has 1 aliphatic carbocycles. The Morgan fingerprint density at radius 2 is 2.24 bits per heavy atom. The number of aromatic nitrogens is 1. The molecule has 1 heterocycles. The van der Waals surface area contributed by atoms with Gasteiger partial charge < -0.3 is 10.0 Å². The van der Waals surface area contributed by atoms with Gasteiger partial charge in [-0.15, -0.1) is 0 Å². The first-order valence-electron chi connectivity index (χ1n) is 6.05. The van der Waals surface area contributed by atoms with Crippen molar-refractivity contribution in [3.63, 3.8) is 0 Å². The van der Waals surface area contributed by atoms with Gasteiger partial charge in [0.25, 0.3) is 0 Å². The highest BCUT2D eigenvalue weighted by Gasteiger charge is 2.26. The molecule has 92 valence electrons. The predicted molar refractivity (Wildman–Crippen MR) is 66.4 cm³/mol. The van der Waals surface area contributed by atoms with Crippen molar-refractivity contribution in [1.82, 2.24) is 4.98 Å². The highest BCUT2D eigenvalue weighted by atomic mass is 16.4. The Hall–Kier alpha value is -1.58. The fourth-order valence-corrected chi connectivity index (χ4v) is 1.85. The highest BCUT2D eigenvalue weighted by Crippen LogP contribution is 2.31. The molecule has 0 aliphatic heterocycles. The van der Waals surface area contributed by atoms with Gasteiger partial charge in [0.1, 0.15) is 5.82 Å². The number of carbonyl (C=O) groups is 1. The van der Waals surface area contributed by atoms with Crippen molar-refractivity contribution < 1.29 is 9.90 Å². The molecule has 4 nitrogen and oxygen atoms in total. The van der Waals surface area contributed by atoms with Crippen LogP contribution in [0.3, 0.4) is 0 Å². The van der Waals surface area contributed by atoms with Crippen LogP contribution in [0.4, 0.5) is 5.82 Å². The minimum atomic E-state index is -0.970. The quantitative estimate of drug-likeness (QED) is 0.850. The van der Waals surface area contributed by atoms with E-state index < -0.39 is 5.97 Å². The molecule has 17 heavy (non-hydrogen) atoms. The Morgan fingerprint density at radius 1 is 1.53 bits per heavy atom. The maximum Gasteiger partial charge on any atom is 0.354 e. The number of pyridine rings is 1. The van der Waals surface area contributed by atoms with Crippen LogP contribution in [-0.4, -0.2) is 28.6 Å². The van der Waals surface area contributed by atoms with E-state index >= 15 is 0 Å². The van der Waals surface area contributed by atoms with Crippen LogP contribution in [0.1, 0.15) is 37.2 Å². The first-order chi connectivity index (χ1) is 8.08. The molecular formula is C13H18N2O2. The number of anilines is 1. The van der Waals surface area contributed by atoms with Gasteiger partial charge in [-0.25, -0.2) is 9.78 Å². The molecule has 2 rings (SSSR count). The van der Waals surface area contributed by atoms with Gasteiger partial charge in [0.05, 0.1) is 0 Å². The molecule has 4 heteroatoms. The van der Waals surface area contributed by atoms with Crippen LogP contribution in [0.25, 0.3) is 0 Å². The largest absolute Gasteiger partial charge is 0.477 e. The summed E-state index contributed by atoms with van der Waals surface area (Å²) in [4.78, 5) is 17.3. The first-order valence-corrected chi connectivity index (χ1v) is 6.05. The Balaban J connectivity index is 2.21. The molecule has 0 amide bonds. The molecule has 1 aliphatic rings. The van der Waals surface area contributed by atoms with Crippen molar-refractivity contribution in [1.29, 1.82) is 0 Å². The lowest BCUT2D eigenvalue weighted by Gasteiger charge is -2.28. The van der Waals surface area contributed by atoms with Crippen LogP contribution in [-0.2, 0) is 0 Å². The molecule has 1 N–H and O–H groups in total. The van der Waals surface area contributed by atoms with Gasteiger partial charge in [-0.1, -0.05) is 6.07 Å². The molecule has 1 fully saturated rings. The topological polar surface area (TPSA) is 53.4 Å². The number of carboxylic acids is 1. The summed E-state index contributed by atoms with van der Waals surface area (Å²) < 4.78 is 0. The number of aromatic carboxylic acids is 1. The second-order valence-electron chi connectivity index (χ2n) is 4.88. The van der Waals surface area contributed by atoms with E-state index in [2.05, 4.69) is 23.7 Å². The second kappa shape index (κ2) is 4.73. The zero-order valence-corrected chi connectivity index (χ0v) is 10.3. The van der Waals surface area contributed by atoms with Crippen molar-refractivity contribution in [2.75, 3.05) is 11.4 Å². The minimum absolute atomic E-state index is 0.115. The van der Waals surface area contributed by atoms with Crippen molar-refractivity contribution in [3.05, 3.63) is 23.9 Å². The molecule has 1 aromatic rings. The molecule has 0 spiro atoms. The van der Waals surface area contributed by atoms with E-state index in [1.807, 2.05) is 6.07 Å². The van der Waals surface area contributed by atoms with Gasteiger partial charge in [0.2, 0.25) is 0 Å². The Kier molecular flexibility index (Phi) is 3.31. The van der Waals surface area contributed by atoms with E-state index in [1.165, 1.54) is 18.9 Å². The monoisotopic (exact) mass is 234 g/mol. The molecule has 0 unspecified atom stereocenters. The van der Waals surface area contributed by atoms with E-state index in [9.17, 15) is 4.79 Å². The Morgan fingerprint density at radius 3 is 2.76 bits per heavy atom. The lowest BCUT2D eigenvalue weighted by Crippen LogP contribution is -2.33. The molecule has 0 atom stereocenters. The smallest absolute Gasteiger partial charge is 0.354 e. The van der Waals surface area contributed by atoms with Gasteiger partial charge in [0, 0.05) is 12.6 Å². The van der Waals surface area contributed by atoms with E-state index in [4.69, 9.17) is 5.11 Å². The van der Waals surface area contributed by atoms with Crippen LogP contribution in [0.5, 0.6) is 0 Å². The summed E-state index contributed by atoms with van der Waals surface area (Å²) in [6, 6.07) is 5.51. The lowest BCUT2D eigenvalue weighted by molar-refractivity contribution is 0.0690. The van der Waals surface area contributed by atoms with Gasteiger partial charge >= 0.3 is 5.97 Å². The van der Waals surface area contributed by atoms with Crippen molar-refractivity contribution in [2.45, 2.75) is 32.7 Å². The van der Waals surface area contributed by atoms with Crippen LogP contribution in [0.15, 0.2) is 18.2 Å². The number of carboxylic acid groups (broad SMARTS) is 1. The normalized spacial score (nSPS) is 15.0. The number of nitrogens with zero attached hydrogens (tertiary/aromatic N) is 2. The van der Waals surface area contributed by atoms with Crippen LogP contribution in [0, 0.1) is 5.92 Å². The third-order valence-corrected chi connectivity index (χ3v) is 3.02. The summed E-state index contributed by atoms with van der Waals surface area (Å²) in [7, 11) is 0. The summed E-state index contributed by atoms with van der Waals surface area (Å²) in [6.07, 6.45) is 2.56. The maximum atomic E-state index is 10.9. The average Bonchev–Trinajstić information content (AvgIpc) is 3.09. The summed E-state index contributed by atoms with van der Waals surface area (Å²) in [6.45, 7) is 5.20. The van der Waals surface area contributed by atoms with E-state index in [-0.39, 0.29) is 5.69 Å². The van der Waals surface area contributed by atoms with Crippen LogP contribution in [0.2, 0.25) is 0 Å². The lowest BCUT2D eigenvalue weighted by atomic mass is 10.2. The second-order valence-corrected chi connectivity index (χ2v) is 4.88. The highest BCUT2D eigenvalue weighted by molar-refractivity contribution is 5.85. The number of hydrogen-bond donors (Lipinski definition) is 1. The number of rotatable bonds is 5. The summed E-state index contributed by atoms with van der Waals surface area (Å²) in [5, 5.41) is 8.94. The predicted octanol–water partition coefficient (Wildman–Crippen LogP) is 2.40. The summed E-state index contributed by atoms with van der Waals surface area (Å²) in [5.41, 5.74) is 0.115. The summed E-state index contributed by atoms with van der Waals surface area (Å²) in [5.74, 6) is 0.557. The molecule has 1 aromatic heterocycles. The molecule has 0 bridgehead atoms.